The van der Waals surface area contributed by atoms with Gasteiger partial charge in [0.25, 0.3) is 10.2 Å². The molecule has 1 heterocycles. The van der Waals surface area contributed by atoms with Crippen molar-refractivity contribution in [2.24, 2.45) is 0 Å². The number of piperazine rings is 1. The predicted molar refractivity (Wildman–Crippen MR) is 47.0 cm³/mol. The summed E-state index contributed by atoms with van der Waals surface area (Å²) in [5.41, 5.74) is 0. The Hall–Kier alpha value is -0.170. The van der Waals surface area contributed by atoms with E-state index in [0.717, 1.165) is 13.1 Å². The quantitative estimate of drug-likeness (QED) is 0.593. The molecule has 12 heavy (non-hydrogen) atoms. The van der Waals surface area contributed by atoms with Gasteiger partial charge in [-0.25, -0.2) is 4.72 Å². The van der Waals surface area contributed by atoms with Crippen LogP contribution >= 0.6 is 0 Å². The minimum atomic E-state index is -3.19. The van der Waals surface area contributed by atoms with Gasteiger partial charge in [0.1, 0.15) is 0 Å². The zero-order valence-electron chi connectivity index (χ0n) is 7.45. The molecule has 0 amide bonds. The van der Waals surface area contributed by atoms with Crippen molar-refractivity contribution in [3.8, 4) is 0 Å². The highest BCUT2D eigenvalue weighted by Gasteiger charge is 2.23. The summed E-state index contributed by atoms with van der Waals surface area (Å²) in [4.78, 5) is 2.11. The maximum atomic E-state index is 11.3. The van der Waals surface area contributed by atoms with Gasteiger partial charge in [-0.3, -0.25) is 0 Å². The minimum absolute atomic E-state index is 0.583. The first-order chi connectivity index (χ1) is 5.56. The fraction of sp³-hybridized carbons (Fsp3) is 1.00. The van der Waals surface area contributed by atoms with Crippen molar-refractivity contribution in [1.29, 1.82) is 0 Å². The minimum Gasteiger partial charge on any atom is -0.304 e. The summed E-state index contributed by atoms with van der Waals surface area (Å²) < 4.78 is 26.3. The van der Waals surface area contributed by atoms with Crippen LogP contribution in [-0.2, 0) is 10.2 Å². The Balaban J connectivity index is 2.56. The van der Waals surface area contributed by atoms with Gasteiger partial charge in [0.2, 0.25) is 0 Å². The van der Waals surface area contributed by atoms with E-state index in [1.165, 1.54) is 11.4 Å². The van der Waals surface area contributed by atoms with Crippen LogP contribution in [0.25, 0.3) is 0 Å². The van der Waals surface area contributed by atoms with Crippen LogP contribution in [0.3, 0.4) is 0 Å². The van der Waals surface area contributed by atoms with Crippen molar-refractivity contribution < 1.29 is 8.42 Å². The molecule has 0 atom stereocenters. The van der Waals surface area contributed by atoms with Crippen LogP contribution in [0.5, 0.6) is 0 Å². The summed E-state index contributed by atoms with van der Waals surface area (Å²) in [6.07, 6.45) is 0. The van der Waals surface area contributed by atoms with E-state index in [4.69, 9.17) is 0 Å². The Morgan fingerprint density at radius 2 is 1.67 bits per heavy atom. The summed E-state index contributed by atoms with van der Waals surface area (Å²) in [5, 5.41) is 0. The molecule has 1 aliphatic heterocycles. The Labute approximate surface area is 73.5 Å². The molecule has 1 aliphatic rings. The van der Waals surface area contributed by atoms with Crippen LogP contribution in [0.4, 0.5) is 0 Å². The Bertz CT molecular complexity index is 231. The van der Waals surface area contributed by atoms with E-state index in [-0.39, 0.29) is 0 Å². The van der Waals surface area contributed by atoms with E-state index in [1.807, 2.05) is 7.05 Å². The van der Waals surface area contributed by atoms with Gasteiger partial charge >= 0.3 is 0 Å². The zero-order chi connectivity index (χ0) is 9.19. The van der Waals surface area contributed by atoms with E-state index in [1.54, 1.807) is 0 Å². The highest BCUT2D eigenvalue weighted by Crippen LogP contribution is 2.02. The molecular formula is C6H15N3O2S. The Kier molecular flexibility index (Phi) is 3.05. The molecule has 1 saturated heterocycles. The van der Waals surface area contributed by atoms with Crippen molar-refractivity contribution >= 4 is 10.2 Å². The highest BCUT2D eigenvalue weighted by atomic mass is 32.2. The Morgan fingerprint density at radius 1 is 1.17 bits per heavy atom. The van der Waals surface area contributed by atoms with Gasteiger partial charge in [-0.05, 0) is 7.05 Å². The second kappa shape index (κ2) is 3.69. The standard InChI is InChI=1S/C6H15N3O2S/c1-7-12(10,11)9-5-3-8(2)4-6-9/h7H,3-6H2,1-2H3. The molecule has 0 aromatic rings. The van der Waals surface area contributed by atoms with Crippen LogP contribution in [0.2, 0.25) is 0 Å². The summed E-state index contributed by atoms with van der Waals surface area (Å²) in [6.45, 7) is 2.78. The molecule has 1 N–H and O–H groups in total. The van der Waals surface area contributed by atoms with Gasteiger partial charge in [-0.1, -0.05) is 0 Å². The lowest BCUT2D eigenvalue weighted by molar-refractivity contribution is 0.221. The average Bonchev–Trinajstić information content (AvgIpc) is 2.05. The maximum Gasteiger partial charge on any atom is 0.279 e. The van der Waals surface area contributed by atoms with E-state index in [9.17, 15) is 8.42 Å². The third-order valence-electron chi connectivity index (χ3n) is 2.06. The van der Waals surface area contributed by atoms with Crippen LogP contribution < -0.4 is 4.72 Å². The van der Waals surface area contributed by atoms with E-state index in [2.05, 4.69) is 9.62 Å². The van der Waals surface area contributed by atoms with Gasteiger partial charge in [0, 0.05) is 33.2 Å². The molecule has 72 valence electrons. The second-order valence-corrected chi connectivity index (χ2v) is 4.79. The van der Waals surface area contributed by atoms with Gasteiger partial charge in [0.15, 0.2) is 0 Å². The zero-order valence-corrected chi connectivity index (χ0v) is 8.26. The lowest BCUT2D eigenvalue weighted by Crippen LogP contribution is -2.50. The average molecular weight is 193 g/mol. The number of nitrogens with zero attached hydrogens (tertiary/aromatic N) is 2. The van der Waals surface area contributed by atoms with E-state index >= 15 is 0 Å². The van der Waals surface area contributed by atoms with Gasteiger partial charge in [0.05, 0.1) is 0 Å². The molecule has 0 unspecified atom stereocenters. The second-order valence-electron chi connectivity index (χ2n) is 2.91. The maximum absolute atomic E-state index is 11.3. The molecule has 6 heteroatoms. The van der Waals surface area contributed by atoms with Crippen molar-refractivity contribution in [3.05, 3.63) is 0 Å². The molecule has 5 nitrogen and oxygen atoms in total. The fourth-order valence-electron chi connectivity index (χ4n) is 1.16. The number of rotatable bonds is 2. The topological polar surface area (TPSA) is 52.7 Å². The molecule has 1 fully saturated rings. The molecular weight excluding hydrogens is 178 g/mol. The molecule has 0 saturated carbocycles. The SMILES string of the molecule is CNS(=O)(=O)N1CCN(C)CC1. The van der Waals surface area contributed by atoms with Crippen molar-refractivity contribution in [3.63, 3.8) is 0 Å². The summed E-state index contributed by atoms with van der Waals surface area (Å²) in [6, 6.07) is 0. The third-order valence-corrected chi connectivity index (χ3v) is 3.62. The molecule has 0 aromatic carbocycles. The van der Waals surface area contributed by atoms with Crippen LogP contribution in [0, 0.1) is 0 Å². The molecule has 0 spiro atoms. The van der Waals surface area contributed by atoms with Crippen molar-refractivity contribution in [2.45, 2.75) is 0 Å². The fourth-order valence-corrected chi connectivity index (χ4v) is 2.06. The first-order valence-electron chi connectivity index (χ1n) is 3.93. The van der Waals surface area contributed by atoms with Gasteiger partial charge in [-0.2, -0.15) is 12.7 Å². The number of nitrogens with one attached hydrogen (secondary N) is 1. The lowest BCUT2D eigenvalue weighted by Gasteiger charge is -2.30. The van der Waals surface area contributed by atoms with E-state index < -0.39 is 10.2 Å². The smallest absolute Gasteiger partial charge is 0.279 e. The lowest BCUT2D eigenvalue weighted by atomic mass is 10.4. The normalized spacial score (nSPS) is 22.8. The first kappa shape index (κ1) is 9.91. The largest absolute Gasteiger partial charge is 0.304 e. The van der Waals surface area contributed by atoms with Crippen LogP contribution in [-0.4, -0.2) is 57.9 Å². The number of likely N-dealkylation sites (N-methyl/N-ethyl adjacent to an activating group) is 1. The third kappa shape index (κ3) is 2.16. The molecule has 0 radical (unpaired) electrons. The van der Waals surface area contributed by atoms with Gasteiger partial charge < -0.3 is 4.90 Å². The molecule has 1 rings (SSSR count). The highest BCUT2D eigenvalue weighted by molar-refractivity contribution is 7.87. The first-order valence-corrected chi connectivity index (χ1v) is 5.37. The predicted octanol–water partition coefficient (Wildman–Crippen LogP) is -1.30. The van der Waals surface area contributed by atoms with Gasteiger partial charge in [-0.15, -0.1) is 0 Å². The Morgan fingerprint density at radius 3 is 2.08 bits per heavy atom. The summed E-state index contributed by atoms with van der Waals surface area (Å²) in [7, 11) is 0.240. The molecule has 0 aromatic heterocycles. The molecule has 0 bridgehead atoms. The van der Waals surface area contributed by atoms with Crippen LogP contribution in [0.15, 0.2) is 0 Å². The van der Waals surface area contributed by atoms with Crippen molar-refractivity contribution in [2.75, 3.05) is 40.3 Å². The van der Waals surface area contributed by atoms with Crippen LogP contribution in [0.1, 0.15) is 0 Å². The molecule has 0 aliphatic carbocycles. The summed E-state index contributed by atoms with van der Waals surface area (Å²) in [5.74, 6) is 0. The summed E-state index contributed by atoms with van der Waals surface area (Å²) >= 11 is 0. The number of hydrogen-bond acceptors (Lipinski definition) is 3. The monoisotopic (exact) mass is 193 g/mol. The van der Waals surface area contributed by atoms with Crippen molar-refractivity contribution in [1.82, 2.24) is 13.9 Å². The number of hydrogen-bond donors (Lipinski definition) is 1. The van der Waals surface area contributed by atoms with E-state index in [0.29, 0.717) is 13.1 Å².